The Kier molecular flexibility index (Phi) is 5.43. The maximum atomic E-state index is 14.0. The van der Waals surface area contributed by atoms with E-state index in [2.05, 4.69) is 5.10 Å². The van der Waals surface area contributed by atoms with Crippen LogP contribution in [-0.4, -0.2) is 51.3 Å². The van der Waals surface area contributed by atoms with Crippen molar-refractivity contribution in [3.8, 4) is 0 Å². The molecule has 1 aliphatic rings. The van der Waals surface area contributed by atoms with Gasteiger partial charge in [0.25, 0.3) is 5.56 Å². The van der Waals surface area contributed by atoms with E-state index in [0.29, 0.717) is 37.9 Å². The number of hydrogen-bond acceptors (Lipinski definition) is 4. The van der Waals surface area contributed by atoms with Gasteiger partial charge in [-0.2, -0.15) is 18.3 Å². The number of alkyl halides is 3. The molecule has 0 aliphatic carbocycles. The molecule has 4 rings (SSSR count). The molecule has 0 N–H and O–H groups in total. The molecule has 2 aromatic heterocycles. The maximum Gasteiger partial charge on any atom is 0.417 e. The number of anilines is 1. The third kappa shape index (κ3) is 3.82. The summed E-state index contributed by atoms with van der Waals surface area (Å²) in [5.41, 5.74) is -1.47. The van der Waals surface area contributed by atoms with Crippen molar-refractivity contribution in [3.63, 3.8) is 0 Å². The van der Waals surface area contributed by atoms with Crippen molar-refractivity contribution in [2.45, 2.75) is 19.6 Å². The number of nitrogens with zero attached hydrogens (tertiary/aromatic N) is 5. The van der Waals surface area contributed by atoms with Crippen molar-refractivity contribution in [1.82, 2.24) is 19.2 Å². The Bertz CT molecular complexity index is 1240. The highest BCUT2D eigenvalue weighted by atomic mass is 19.4. The zero-order valence-corrected chi connectivity index (χ0v) is 17.5. The van der Waals surface area contributed by atoms with Gasteiger partial charge in [-0.3, -0.25) is 18.8 Å². The molecule has 0 bridgehead atoms. The lowest BCUT2D eigenvalue weighted by Crippen LogP contribution is -2.50. The normalized spacial score (nSPS) is 14.9. The number of amides is 1. The van der Waals surface area contributed by atoms with Gasteiger partial charge in [0, 0.05) is 39.3 Å². The van der Waals surface area contributed by atoms with Gasteiger partial charge in [0.05, 0.1) is 22.3 Å². The summed E-state index contributed by atoms with van der Waals surface area (Å²) < 4.78 is 56.7. The minimum atomic E-state index is -4.72. The molecule has 32 heavy (non-hydrogen) atoms. The van der Waals surface area contributed by atoms with Crippen molar-refractivity contribution in [2.75, 3.05) is 31.1 Å². The predicted octanol–water partition coefficient (Wildman–Crippen LogP) is 2.55. The SMILES string of the molecule is Cc1nn(C)c2c1c(C(F)(F)F)cc(=O)n2CC(=O)N1CCN(c2ccccc2F)CC1. The first kappa shape index (κ1) is 21.8. The Morgan fingerprint density at radius 2 is 1.78 bits per heavy atom. The van der Waals surface area contributed by atoms with E-state index < -0.39 is 29.8 Å². The van der Waals surface area contributed by atoms with E-state index in [1.807, 2.05) is 4.90 Å². The molecular weight excluding hydrogens is 430 g/mol. The van der Waals surface area contributed by atoms with Crippen molar-refractivity contribution in [1.29, 1.82) is 0 Å². The number of pyridine rings is 1. The van der Waals surface area contributed by atoms with Crippen LogP contribution in [-0.2, 0) is 24.6 Å². The largest absolute Gasteiger partial charge is 0.417 e. The van der Waals surface area contributed by atoms with Gasteiger partial charge in [0.15, 0.2) is 0 Å². The van der Waals surface area contributed by atoms with Crippen LogP contribution >= 0.6 is 0 Å². The first-order valence-corrected chi connectivity index (χ1v) is 9.99. The number of aromatic nitrogens is 3. The van der Waals surface area contributed by atoms with E-state index in [-0.39, 0.29) is 22.5 Å². The molecule has 0 saturated carbocycles. The van der Waals surface area contributed by atoms with E-state index in [0.717, 1.165) is 4.57 Å². The second-order valence-corrected chi connectivity index (χ2v) is 7.71. The summed E-state index contributed by atoms with van der Waals surface area (Å²) in [7, 11) is 1.43. The molecule has 1 aromatic carbocycles. The van der Waals surface area contributed by atoms with Gasteiger partial charge in [-0.25, -0.2) is 4.39 Å². The molecule has 1 fully saturated rings. The number of hydrogen-bond donors (Lipinski definition) is 0. The van der Waals surface area contributed by atoms with Crippen LogP contribution in [0.3, 0.4) is 0 Å². The highest BCUT2D eigenvalue weighted by Gasteiger charge is 2.36. The lowest BCUT2D eigenvalue weighted by Gasteiger charge is -2.36. The number of rotatable bonds is 3. The number of para-hydroxylation sites is 1. The van der Waals surface area contributed by atoms with Crippen LogP contribution in [0.4, 0.5) is 23.2 Å². The van der Waals surface area contributed by atoms with Crippen LogP contribution < -0.4 is 10.5 Å². The van der Waals surface area contributed by atoms with E-state index in [1.165, 1.54) is 29.6 Å². The second kappa shape index (κ2) is 7.95. The quantitative estimate of drug-likeness (QED) is 0.575. The molecular formula is C21H21F4N5O2. The van der Waals surface area contributed by atoms with E-state index in [4.69, 9.17) is 0 Å². The topological polar surface area (TPSA) is 63.4 Å². The highest BCUT2D eigenvalue weighted by molar-refractivity contribution is 5.85. The molecule has 7 nitrogen and oxygen atoms in total. The van der Waals surface area contributed by atoms with Gasteiger partial charge < -0.3 is 9.80 Å². The number of piperazine rings is 1. The monoisotopic (exact) mass is 451 g/mol. The summed E-state index contributed by atoms with van der Waals surface area (Å²) in [6, 6.07) is 6.87. The molecule has 3 aromatic rings. The number of aryl methyl sites for hydroxylation is 2. The van der Waals surface area contributed by atoms with Crippen molar-refractivity contribution in [2.24, 2.45) is 7.05 Å². The van der Waals surface area contributed by atoms with E-state index >= 15 is 0 Å². The third-order valence-electron chi connectivity index (χ3n) is 5.68. The van der Waals surface area contributed by atoms with Crippen LogP contribution in [0, 0.1) is 12.7 Å². The van der Waals surface area contributed by atoms with Crippen LogP contribution in [0.1, 0.15) is 11.3 Å². The Labute approximate surface area is 180 Å². The molecule has 3 heterocycles. The lowest BCUT2D eigenvalue weighted by atomic mass is 10.1. The van der Waals surface area contributed by atoms with E-state index in [9.17, 15) is 27.2 Å². The van der Waals surface area contributed by atoms with Crippen LogP contribution in [0.2, 0.25) is 0 Å². The second-order valence-electron chi connectivity index (χ2n) is 7.71. The molecule has 170 valence electrons. The van der Waals surface area contributed by atoms with Crippen molar-refractivity contribution < 1.29 is 22.4 Å². The molecule has 0 atom stereocenters. The Morgan fingerprint density at radius 1 is 1.12 bits per heavy atom. The Hall–Kier alpha value is -3.37. The van der Waals surface area contributed by atoms with Gasteiger partial charge in [0.1, 0.15) is 18.0 Å². The van der Waals surface area contributed by atoms with E-state index in [1.54, 1.807) is 18.2 Å². The average molecular weight is 451 g/mol. The Morgan fingerprint density at radius 3 is 2.41 bits per heavy atom. The first-order valence-electron chi connectivity index (χ1n) is 9.99. The molecule has 0 unspecified atom stereocenters. The van der Waals surface area contributed by atoms with Crippen LogP contribution in [0.25, 0.3) is 11.0 Å². The lowest BCUT2D eigenvalue weighted by molar-refractivity contribution is -0.136. The summed E-state index contributed by atoms with van der Waals surface area (Å²) in [5.74, 6) is -0.752. The third-order valence-corrected chi connectivity index (χ3v) is 5.68. The summed E-state index contributed by atoms with van der Waals surface area (Å²) >= 11 is 0. The highest BCUT2D eigenvalue weighted by Crippen LogP contribution is 2.35. The number of fused-ring (bicyclic) bond motifs is 1. The van der Waals surface area contributed by atoms with Crippen LogP contribution in [0.5, 0.6) is 0 Å². The number of carbonyl (C=O) groups excluding carboxylic acids is 1. The molecule has 11 heteroatoms. The van der Waals surface area contributed by atoms with Crippen molar-refractivity contribution >= 4 is 22.6 Å². The minimum absolute atomic E-state index is 0.0549. The first-order chi connectivity index (χ1) is 15.1. The molecule has 0 spiro atoms. The summed E-state index contributed by atoms with van der Waals surface area (Å²) in [6.07, 6.45) is -4.72. The summed E-state index contributed by atoms with van der Waals surface area (Å²) in [6.45, 7) is 2.41. The average Bonchev–Trinajstić information content (AvgIpc) is 3.03. The smallest absolute Gasteiger partial charge is 0.366 e. The van der Waals surface area contributed by atoms with Crippen molar-refractivity contribution in [3.05, 3.63) is 57.8 Å². The predicted molar refractivity (Wildman–Crippen MR) is 110 cm³/mol. The van der Waals surface area contributed by atoms with Gasteiger partial charge >= 0.3 is 6.18 Å². The fraction of sp³-hybridized carbons (Fsp3) is 0.381. The summed E-state index contributed by atoms with van der Waals surface area (Å²) in [4.78, 5) is 28.8. The van der Waals surface area contributed by atoms with Gasteiger partial charge in [0.2, 0.25) is 5.91 Å². The number of carbonyl (C=O) groups is 1. The fourth-order valence-corrected chi connectivity index (χ4v) is 4.17. The van der Waals surface area contributed by atoms with Gasteiger partial charge in [-0.1, -0.05) is 12.1 Å². The molecule has 1 aliphatic heterocycles. The molecule has 1 amide bonds. The molecule has 1 saturated heterocycles. The number of benzene rings is 1. The zero-order chi connectivity index (χ0) is 23.2. The standard InChI is InChI=1S/C21H21F4N5O2/c1-13-19-14(21(23,24)25)11-17(31)30(20(19)27(2)26-13)12-18(32)29-9-7-28(8-10-29)16-6-4-3-5-15(16)22/h3-6,11H,7-10,12H2,1-2H3. The van der Waals surface area contributed by atoms with Crippen LogP contribution in [0.15, 0.2) is 35.1 Å². The maximum absolute atomic E-state index is 14.0. The van der Waals surface area contributed by atoms with Gasteiger partial charge in [-0.05, 0) is 19.1 Å². The molecule has 0 radical (unpaired) electrons. The zero-order valence-electron chi connectivity index (χ0n) is 17.5. The summed E-state index contributed by atoms with van der Waals surface area (Å²) in [5, 5.41) is 3.83. The fourth-order valence-electron chi connectivity index (χ4n) is 4.17. The minimum Gasteiger partial charge on any atom is -0.366 e. The van der Waals surface area contributed by atoms with Gasteiger partial charge in [-0.15, -0.1) is 0 Å². The Balaban J connectivity index is 1.58. The number of halogens is 4.